The molecular formula is C23H28N4O4S. The standard InChI is InChI=1S/C23H28N4O4S/c1-23(2,3)31-22(29)26-10-8-15(9-11-26)27-13-17(20(28)30-4)16-7-6-14-12-24-21(32-5)25-18(14)19(16)27/h6-7,12-13,15H,8-11H2,1-5H3. The van der Waals surface area contributed by atoms with Gasteiger partial charge in [0, 0.05) is 42.3 Å². The first-order chi connectivity index (χ1) is 15.2. The second-order valence-corrected chi connectivity index (χ2v) is 9.67. The molecule has 3 heterocycles. The van der Waals surface area contributed by atoms with Gasteiger partial charge in [-0.1, -0.05) is 23.9 Å². The second-order valence-electron chi connectivity index (χ2n) is 8.90. The van der Waals surface area contributed by atoms with Crippen LogP contribution in [0.25, 0.3) is 21.8 Å². The van der Waals surface area contributed by atoms with Gasteiger partial charge in [-0.3, -0.25) is 0 Å². The van der Waals surface area contributed by atoms with Gasteiger partial charge in [0.15, 0.2) is 5.16 Å². The number of aromatic nitrogens is 3. The summed E-state index contributed by atoms with van der Waals surface area (Å²) >= 11 is 1.48. The molecule has 170 valence electrons. The largest absolute Gasteiger partial charge is 0.465 e. The summed E-state index contributed by atoms with van der Waals surface area (Å²) in [5.41, 5.74) is 1.71. The first kappa shape index (κ1) is 22.4. The lowest BCUT2D eigenvalue weighted by Gasteiger charge is -2.34. The van der Waals surface area contributed by atoms with E-state index in [2.05, 4.69) is 9.55 Å². The summed E-state index contributed by atoms with van der Waals surface area (Å²) in [6, 6.07) is 3.98. The van der Waals surface area contributed by atoms with Gasteiger partial charge in [-0.2, -0.15) is 0 Å². The predicted octanol–water partition coefficient (Wildman–Crippen LogP) is 4.67. The van der Waals surface area contributed by atoms with Crippen LogP contribution in [0.3, 0.4) is 0 Å². The van der Waals surface area contributed by atoms with Gasteiger partial charge in [-0.25, -0.2) is 19.6 Å². The smallest absolute Gasteiger partial charge is 0.410 e. The van der Waals surface area contributed by atoms with E-state index >= 15 is 0 Å². The van der Waals surface area contributed by atoms with Crippen LogP contribution in [0.2, 0.25) is 0 Å². The van der Waals surface area contributed by atoms with Crippen LogP contribution in [0.1, 0.15) is 50.0 Å². The van der Waals surface area contributed by atoms with Crippen molar-refractivity contribution in [2.45, 2.75) is 50.4 Å². The number of benzene rings is 1. The van der Waals surface area contributed by atoms with E-state index < -0.39 is 5.60 Å². The Morgan fingerprint density at radius 1 is 1.19 bits per heavy atom. The minimum absolute atomic E-state index is 0.118. The SMILES string of the molecule is COC(=O)c1cn(C2CCN(C(=O)OC(C)(C)C)CC2)c2c1ccc1cnc(SC)nc12. The molecule has 8 nitrogen and oxygen atoms in total. The molecule has 0 atom stereocenters. The van der Waals surface area contributed by atoms with Crippen LogP contribution < -0.4 is 0 Å². The normalized spacial score (nSPS) is 15.3. The van der Waals surface area contributed by atoms with Crippen LogP contribution >= 0.6 is 11.8 Å². The molecule has 32 heavy (non-hydrogen) atoms. The van der Waals surface area contributed by atoms with Crippen molar-refractivity contribution < 1.29 is 19.1 Å². The molecule has 1 aromatic carbocycles. The summed E-state index contributed by atoms with van der Waals surface area (Å²) in [6.45, 7) is 6.78. The number of fused-ring (bicyclic) bond motifs is 3. The van der Waals surface area contributed by atoms with Crippen molar-refractivity contribution in [3.63, 3.8) is 0 Å². The van der Waals surface area contributed by atoms with E-state index in [4.69, 9.17) is 14.5 Å². The average Bonchev–Trinajstić information content (AvgIpc) is 3.17. The van der Waals surface area contributed by atoms with Crippen molar-refractivity contribution >= 4 is 45.6 Å². The lowest BCUT2D eigenvalue weighted by atomic mass is 10.0. The zero-order valence-electron chi connectivity index (χ0n) is 19.0. The Hall–Kier alpha value is -2.81. The summed E-state index contributed by atoms with van der Waals surface area (Å²) in [6.07, 6.45) is 6.83. The highest BCUT2D eigenvalue weighted by atomic mass is 32.2. The molecule has 1 saturated heterocycles. The first-order valence-electron chi connectivity index (χ1n) is 10.6. The maximum absolute atomic E-state index is 12.5. The highest BCUT2D eigenvalue weighted by Gasteiger charge is 2.29. The Kier molecular flexibility index (Phi) is 6.03. The number of thioether (sulfide) groups is 1. The van der Waals surface area contributed by atoms with Gasteiger partial charge in [-0.15, -0.1) is 0 Å². The van der Waals surface area contributed by atoms with Crippen molar-refractivity contribution in [1.29, 1.82) is 0 Å². The van der Waals surface area contributed by atoms with E-state index in [9.17, 15) is 9.59 Å². The molecule has 1 fully saturated rings. The number of rotatable bonds is 3. The van der Waals surface area contributed by atoms with Crippen molar-refractivity contribution in [2.75, 3.05) is 26.5 Å². The average molecular weight is 457 g/mol. The van der Waals surface area contributed by atoms with Crippen molar-refractivity contribution in [3.8, 4) is 0 Å². The second kappa shape index (κ2) is 8.61. The molecule has 0 unspecified atom stereocenters. The fourth-order valence-corrected chi connectivity index (χ4v) is 4.47. The molecule has 0 spiro atoms. The molecule has 0 aliphatic carbocycles. The van der Waals surface area contributed by atoms with Gasteiger partial charge < -0.3 is 18.9 Å². The molecule has 1 amide bonds. The number of hydrogen-bond donors (Lipinski definition) is 0. The Labute approximate surface area is 191 Å². The number of piperidine rings is 1. The van der Waals surface area contributed by atoms with Crippen LogP contribution in [0.5, 0.6) is 0 Å². The molecule has 3 aromatic rings. The number of carbonyl (C=O) groups is 2. The Bertz CT molecular complexity index is 1180. The van der Waals surface area contributed by atoms with Gasteiger partial charge in [0.2, 0.25) is 0 Å². The lowest BCUT2D eigenvalue weighted by molar-refractivity contribution is 0.0189. The Morgan fingerprint density at radius 3 is 2.53 bits per heavy atom. The number of likely N-dealkylation sites (tertiary alicyclic amines) is 1. The summed E-state index contributed by atoms with van der Waals surface area (Å²) in [5, 5.41) is 2.40. The zero-order chi connectivity index (χ0) is 23.0. The molecule has 0 N–H and O–H groups in total. The number of esters is 1. The predicted molar refractivity (Wildman–Crippen MR) is 124 cm³/mol. The fraction of sp³-hybridized carbons (Fsp3) is 0.478. The third-order valence-electron chi connectivity index (χ3n) is 5.62. The van der Waals surface area contributed by atoms with E-state index in [1.807, 2.05) is 51.6 Å². The van der Waals surface area contributed by atoms with Crippen molar-refractivity contribution in [2.24, 2.45) is 0 Å². The highest BCUT2D eigenvalue weighted by Crippen LogP contribution is 2.35. The van der Waals surface area contributed by atoms with Gasteiger partial charge in [0.05, 0.1) is 23.7 Å². The number of ether oxygens (including phenoxy) is 2. The van der Waals surface area contributed by atoms with Crippen LogP contribution in [0, 0.1) is 0 Å². The minimum Gasteiger partial charge on any atom is -0.465 e. The summed E-state index contributed by atoms with van der Waals surface area (Å²) < 4.78 is 12.7. The molecule has 9 heteroatoms. The molecule has 2 aromatic heterocycles. The minimum atomic E-state index is -0.520. The summed E-state index contributed by atoms with van der Waals surface area (Å²) in [5.74, 6) is -0.376. The van der Waals surface area contributed by atoms with Gasteiger partial charge in [-0.05, 0) is 39.9 Å². The van der Waals surface area contributed by atoms with Gasteiger partial charge >= 0.3 is 12.1 Å². The van der Waals surface area contributed by atoms with Crippen molar-refractivity contribution in [1.82, 2.24) is 19.4 Å². The Balaban J connectivity index is 1.73. The van der Waals surface area contributed by atoms with Gasteiger partial charge in [0.25, 0.3) is 0 Å². The first-order valence-corrected chi connectivity index (χ1v) is 11.8. The fourth-order valence-electron chi connectivity index (χ4n) is 4.13. The van der Waals surface area contributed by atoms with Crippen LogP contribution in [0.15, 0.2) is 29.7 Å². The van der Waals surface area contributed by atoms with Crippen LogP contribution in [-0.4, -0.2) is 63.6 Å². The molecule has 0 saturated carbocycles. The quantitative estimate of drug-likeness (QED) is 0.322. The number of methoxy groups -OCH3 is 1. The lowest BCUT2D eigenvalue weighted by Crippen LogP contribution is -2.42. The molecular weight excluding hydrogens is 428 g/mol. The molecule has 1 aliphatic heterocycles. The van der Waals surface area contributed by atoms with E-state index in [1.54, 1.807) is 4.90 Å². The molecule has 1 aliphatic rings. The van der Waals surface area contributed by atoms with E-state index in [0.29, 0.717) is 23.8 Å². The zero-order valence-corrected chi connectivity index (χ0v) is 19.9. The molecule has 0 bridgehead atoms. The number of carbonyl (C=O) groups excluding carboxylic acids is 2. The van der Waals surface area contributed by atoms with Crippen molar-refractivity contribution in [3.05, 3.63) is 30.1 Å². The summed E-state index contributed by atoms with van der Waals surface area (Å²) in [4.78, 5) is 35.9. The van der Waals surface area contributed by atoms with E-state index in [1.165, 1.54) is 18.9 Å². The highest BCUT2D eigenvalue weighted by molar-refractivity contribution is 7.98. The third-order valence-corrected chi connectivity index (χ3v) is 6.18. The monoisotopic (exact) mass is 456 g/mol. The van der Waals surface area contributed by atoms with Crippen LogP contribution in [0.4, 0.5) is 4.79 Å². The topological polar surface area (TPSA) is 86.5 Å². The summed E-state index contributed by atoms with van der Waals surface area (Å²) in [7, 11) is 1.39. The maximum atomic E-state index is 12.5. The third kappa shape index (κ3) is 4.26. The number of amides is 1. The molecule has 0 radical (unpaired) electrons. The number of hydrogen-bond acceptors (Lipinski definition) is 7. The van der Waals surface area contributed by atoms with Crippen LogP contribution in [-0.2, 0) is 9.47 Å². The van der Waals surface area contributed by atoms with E-state index in [0.717, 1.165) is 34.6 Å². The maximum Gasteiger partial charge on any atom is 0.410 e. The molecule has 4 rings (SSSR count). The van der Waals surface area contributed by atoms with E-state index in [-0.39, 0.29) is 18.1 Å². The Morgan fingerprint density at radius 2 is 1.91 bits per heavy atom. The van der Waals surface area contributed by atoms with Gasteiger partial charge in [0.1, 0.15) is 5.60 Å². The number of nitrogens with zero attached hydrogens (tertiary/aromatic N) is 4.